The summed E-state index contributed by atoms with van der Waals surface area (Å²) < 4.78 is 10.6. The molecule has 1 aliphatic rings. The smallest absolute Gasteiger partial charge is 0.407 e. The average Bonchev–Trinajstić information content (AvgIpc) is 3.02. The molecule has 1 amide bonds. The minimum absolute atomic E-state index is 0.0984. The number of alkyl carbamates (subject to hydrolysis) is 1. The number of benzene rings is 2. The zero-order valence-electron chi connectivity index (χ0n) is 16.2. The summed E-state index contributed by atoms with van der Waals surface area (Å²) in [5.74, 6) is -1.31. The molecular formula is C22H25NO6. The number of carboxylic acids is 1. The molecule has 2 atom stereocenters. The SMILES string of the molecule is CC(O)CCOCC(NC(=O)OCC1c2ccccc2-c2ccccc21)C(=O)O. The summed E-state index contributed by atoms with van der Waals surface area (Å²) in [5.41, 5.74) is 4.40. The van der Waals surface area contributed by atoms with Crippen molar-refractivity contribution in [3.05, 3.63) is 59.7 Å². The second-order valence-corrected chi connectivity index (χ2v) is 7.07. The number of hydrogen-bond donors (Lipinski definition) is 3. The Balaban J connectivity index is 1.58. The van der Waals surface area contributed by atoms with Crippen LogP contribution in [0.4, 0.5) is 4.79 Å². The Morgan fingerprint density at radius 2 is 1.66 bits per heavy atom. The van der Waals surface area contributed by atoms with Gasteiger partial charge in [0.1, 0.15) is 6.61 Å². The van der Waals surface area contributed by atoms with Gasteiger partial charge in [-0.05, 0) is 35.6 Å². The monoisotopic (exact) mass is 399 g/mol. The van der Waals surface area contributed by atoms with Crippen LogP contribution in [0.3, 0.4) is 0 Å². The third-order valence-corrected chi connectivity index (χ3v) is 4.90. The molecule has 2 unspecified atom stereocenters. The van der Waals surface area contributed by atoms with Gasteiger partial charge in [-0.15, -0.1) is 0 Å². The van der Waals surface area contributed by atoms with Crippen LogP contribution < -0.4 is 5.32 Å². The number of amides is 1. The van der Waals surface area contributed by atoms with Crippen LogP contribution in [0.5, 0.6) is 0 Å². The van der Waals surface area contributed by atoms with E-state index in [9.17, 15) is 19.8 Å². The predicted octanol–water partition coefficient (Wildman–Crippen LogP) is 2.77. The molecule has 154 valence electrons. The van der Waals surface area contributed by atoms with Crippen molar-refractivity contribution in [3.8, 4) is 11.1 Å². The minimum Gasteiger partial charge on any atom is -0.480 e. The number of rotatable bonds is 9. The number of ether oxygens (including phenoxy) is 2. The number of carboxylic acid groups (broad SMARTS) is 1. The Morgan fingerprint density at radius 1 is 1.07 bits per heavy atom. The molecule has 7 nitrogen and oxygen atoms in total. The molecule has 0 saturated heterocycles. The van der Waals surface area contributed by atoms with Crippen LogP contribution in [0.15, 0.2) is 48.5 Å². The van der Waals surface area contributed by atoms with Crippen molar-refractivity contribution in [1.82, 2.24) is 5.32 Å². The molecule has 0 spiro atoms. The van der Waals surface area contributed by atoms with Crippen molar-refractivity contribution in [3.63, 3.8) is 0 Å². The molecule has 0 aromatic heterocycles. The highest BCUT2D eigenvalue weighted by Gasteiger charge is 2.29. The first kappa shape index (κ1) is 20.8. The molecule has 0 radical (unpaired) electrons. The van der Waals surface area contributed by atoms with Gasteiger partial charge in [-0.2, -0.15) is 0 Å². The number of nitrogens with one attached hydrogen (secondary N) is 1. The lowest BCUT2D eigenvalue weighted by molar-refractivity contribution is -0.141. The number of fused-ring (bicyclic) bond motifs is 3. The first-order chi connectivity index (χ1) is 14.0. The molecule has 1 aliphatic carbocycles. The summed E-state index contributed by atoms with van der Waals surface area (Å²) in [6.07, 6.45) is -0.955. The van der Waals surface area contributed by atoms with Gasteiger partial charge in [0.05, 0.1) is 12.7 Å². The van der Waals surface area contributed by atoms with Crippen molar-refractivity contribution >= 4 is 12.1 Å². The fourth-order valence-corrected chi connectivity index (χ4v) is 3.41. The van der Waals surface area contributed by atoms with Gasteiger partial charge in [-0.3, -0.25) is 0 Å². The Bertz CT molecular complexity index is 820. The van der Waals surface area contributed by atoms with Crippen molar-refractivity contribution in [1.29, 1.82) is 0 Å². The van der Waals surface area contributed by atoms with Crippen LogP contribution in [0.2, 0.25) is 0 Å². The minimum atomic E-state index is -1.22. The topological polar surface area (TPSA) is 105 Å². The Kier molecular flexibility index (Phi) is 6.85. The second kappa shape index (κ2) is 9.54. The second-order valence-electron chi connectivity index (χ2n) is 7.07. The lowest BCUT2D eigenvalue weighted by atomic mass is 9.98. The quantitative estimate of drug-likeness (QED) is 0.560. The zero-order chi connectivity index (χ0) is 20.8. The van der Waals surface area contributed by atoms with E-state index in [1.54, 1.807) is 6.92 Å². The molecule has 2 aromatic carbocycles. The number of carbonyl (C=O) groups excluding carboxylic acids is 1. The normalized spacial score (nSPS) is 14.6. The van der Waals surface area contributed by atoms with Gasteiger partial charge in [0.15, 0.2) is 6.04 Å². The highest BCUT2D eigenvalue weighted by molar-refractivity contribution is 5.81. The van der Waals surface area contributed by atoms with Crippen molar-refractivity contribution in [2.45, 2.75) is 31.4 Å². The van der Waals surface area contributed by atoms with E-state index in [1.165, 1.54) is 0 Å². The van der Waals surface area contributed by atoms with Crippen LogP contribution in [0.1, 0.15) is 30.4 Å². The van der Waals surface area contributed by atoms with E-state index >= 15 is 0 Å². The van der Waals surface area contributed by atoms with Gasteiger partial charge in [0.25, 0.3) is 0 Å². The molecule has 0 bridgehead atoms. The van der Waals surface area contributed by atoms with E-state index in [-0.39, 0.29) is 25.7 Å². The van der Waals surface area contributed by atoms with E-state index in [0.29, 0.717) is 6.42 Å². The molecule has 0 saturated carbocycles. The van der Waals surface area contributed by atoms with Crippen LogP contribution >= 0.6 is 0 Å². The summed E-state index contributed by atoms with van der Waals surface area (Å²) in [6.45, 7) is 1.72. The highest BCUT2D eigenvalue weighted by Crippen LogP contribution is 2.44. The van der Waals surface area contributed by atoms with Crippen molar-refractivity contribution in [2.75, 3.05) is 19.8 Å². The number of aliphatic hydroxyl groups excluding tert-OH is 1. The van der Waals surface area contributed by atoms with Gasteiger partial charge in [0.2, 0.25) is 0 Å². The number of carbonyl (C=O) groups is 2. The average molecular weight is 399 g/mol. The van der Waals surface area contributed by atoms with Gasteiger partial charge >= 0.3 is 12.1 Å². The van der Waals surface area contributed by atoms with Crippen molar-refractivity contribution in [2.24, 2.45) is 0 Å². The first-order valence-electron chi connectivity index (χ1n) is 9.57. The molecule has 0 aliphatic heterocycles. The fourth-order valence-electron chi connectivity index (χ4n) is 3.41. The van der Waals surface area contributed by atoms with Gasteiger partial charge in [0, 0.05) is 12.5 Å². The molecule has 29 heavy (non-hydrogen) atoms. The predicted molar refractivity (Wildman–Crippen MR) is 107 cm³/mol. The molecule has 3 N–H and O–H groups in total. The maximum atomic E-state index is 12.2. The zero-order valence-corrected chi connectivity index (χ0v) is 16.2. The maximum Gasteiger partial charge on any atom is 0.407 e. The molecule has 0 heterocycles. The van der Waals surface area contributed by atoms with Gasteiger partial charge in [-0.25, -0.2) is 9.59 Å². The van der Waals surface area contributed by atoms with E-state index in [1.807, 2.05) is 48.5 Å². The largest absolute Gasteiger partial charge is 0.480 e. The van der Waals surface area contributed by atoms with E-state index in [2.05, 4.69) is 5.32 Å². The van der Waals surface area contributed by atoms with Crippen LogP contribution in [-0.4, -0.2) is 54.2 Å². The summed E-state index contributed by atoms with van der Waals surface area (Å²) >= 11 is 0. The van der Waals surface area contributed by atoms with E-state index < -0.39 is 24.2 Å². The van der Waals surface area contributed by atoms with Gasteiger partial charge in [-0.1, -0.05) is 48.5 Å². The third kappa shape index (κ3) is 5.13. The number of hydrogen-bond acceptors (Lipinski definition) is 5. The number of aliphatic hydroxyl groups is 1. The Labute approximate surface area is 169 Å². The molecule has 7 heteroatoms. The summed E-state index contributed by atoms with van der Waals surface area (Å²) in [4.78, 5) is 23.5. The molecule has 3 rings (SSSR count). The summed E-state index contributed by atoms with van der Waals surface area (Å²) in [7, 11) is 0. The molecule has 2 aromatic rings. The maximum absolute atomic E-state index is 12.2. The first-order valence-corrected chi connectivity index (χ1v) is 9.57. The molecule has 0 fully saturated rings. The van der Waals surface area contributed by atoms with E-state index in [0.717, 1.165) is 22.3 Å². The number of aliphatic carboxylic acids is 1. The summed E-state index contributed by atoms with van der Waals surface area (Å²) in [5, 5.41) is 20.8. The Hall–Kier alpha value is -2.90. The van der Waals surface area contributed by atoms with E-state index in [4.69, 9.17) is 9.47 Å². The van der Waals surface area contributed by atoms with Crippen LogP contribution in [0.25, 0.3) is 11.1 Å². The Morgan fingerprint density at radius 3 is 2.21 bits per heavy atom. The lowest BCUT2D eigenvalue weighted by Crippen LogP contribution is -2.44. The van der Waals surface area contributed by atoms with Gasteiger partial charge < -0.3 is 25.0 Å². The van der Waals surface area contributed by atoms with Crippen LogP contribution in [0, 0.1) is 0 Å². The highest BCUT2D eigenvalue weighted by atomic mass is 16.5. The third-order valence-electron chi connectivity index (χ3n) is 4.90. The molecular weight excluding hydrogens is 374 g/mol. The fraction of sp³-hybridized carbons (Fsp3) is 0.364. The summed E-state index contributed by atoms with van der Waals surface area (Å²) in [6, 6.07) is 14.7. The lowest BCUT2D eigenvalue weighted by Gasteiger charge is -2.17. The van der Waals surface area contributed by atoms with Crippen LogP contribution in [-0.2, 0) is 14.3 Å². The van der Waals surface area contributed by atoms with Crippen molar-refractivity contribution < 1.29 is 29.3 Å². The standard InChI is InChI=1S/C22H25NO6/c1-14(24)10-11-28-13-20(21(25)26)23-22(27)29-12-19-17-8-4-2-6-15(17)16-7-3-5-9-18(16)19/h2-9,14,19-20,24H,10-13H2,1H3,(H,23,27)(H,25,26).